The number of amides is 1. The van der Waals surface area contributed by atoms with Crippen LogP contribution in [0.1, 0.15) is 10.7 Å². The summed E-state index contributed by atoms with van der Waals surface area (Å²) in [5.74, 6) is -0.335. The number of ether oxygens (including phenoxy) is 1. The maximum absolute atomic E-state index is 12.7. The van der Waals surface area contributed by atoms with Gasteiger partial charge in [-0.3, -0.25) is 9.52 Å². The lowest BCUT2D eigenvalue weighted by Gasteiger charge is -2.25. The Bertz CT molecular complexity index is 1150. The summed E-state index contributed by atoms with van der Waals surface area (Å²) in [6.07, 6.45) is 1.92. The standard InChI is InChI=1S/C18H18N4O5S3/c1-28-14-4-2-3-13(10-14)21-30(24,25)15-9-12(11-29-15)16-19-17(27-20-16)18(23)22-5-7-26-8-6-22/h2-4,9-11,21H,5-8H2,1H3. The van der Waals surface area contributed by atoms with Gasteiger partial charge in [0.05, 0.1) is 13.2 Å². The number of hydrogen-bond donors (Lipinski definition) is 1. The van der Waals surface area contributed by atoms with Crippen molar-refractivity contribution in [2.45, 2.75) is 9.10 Å². The molecule has 0 spiro atoms. The van der Waals surface area contributed by atoms with E-state index in [1.807, 2.05) is 12.3 Å². The molecule has 3 aromatic rings. The minimum atomic E-state index is -3.77. The number of thiophene rings is 1. The lowest BCUT2D eigenvalue weighted by molar-refractivity contribution is 0.0272. The van der Waals surface area contributed by atoms with Crippen LogP contribution in [-0.4, -0.2) is 61.9 Å². The number of nitrogens with zero attached hydrogens (tertiary/aromatic N) is 3. The van der Waals surface area contributed by atoms with Crippen LogP contribution in [0, 0.1) is 0 Å². The number of benzene rings is 1. The molecule has 0 aliphatic carbocycles. The van der Waals surface area contributed by atoms with Crippen LogP contribution in [0.5, 0.6) is 0 Å². The molecule has 1 N–H and O–H groups in total. The first-order valence-corrected chi connectivity index (χ1v) is 12.5. The van der Waals surface area contributed by atoms with Crippen molar-refractivity contribution in [1.29, 1.82) is 0 Å². The molecule has 2 aromatic heterocycles. The zero-order valence-corrected chi connectivity index (χ0v) is 18.3. The smallest absolute Gasteiger partial charge is 0.316 e. The normalized spacial score (nSPS) is 14.6. The molecular formula is C18H18N4O5S3. The number of carbonyl (C=O) groups is 1. The molecule has 1 saturated heterocycles. The number of sulfonamides is 1. The summed E-state index contributed by atoms with van der Waals surface area (Å²) in [4.78, 5) is 19.1. The largest absolute Gasteiger partial charge is 0.378 e. The second kappa shape index (κ2) is 8.76. The summed E-state index contributed by atoms with van der Waals surface area (Å²) in [5, 5.41) is 5.44. The van der Waals surface area contributed by atoms with Crippen LogP contribution >= 0.6 is 23.1 Å². The molecule has 0 radical (unpaired) electrons. The van der Waals surface area contributed by atoms with E-state index < -0.39 is 10.0 Å². The fraction of sp³-hybridized carbons (Fsp3) is 0.278. The predicted molar refractivity (Wildman–Crippen MR) is 113 cm³/mol. The molecule has 4 rings (SSSR count). The third-order valence-electron chi connectivity index (χ3n) is 4.33. The van der Waals surface area contributed by atoms with Gasteiger partial charge < -0.3 is 14.2 Å². The second-order valence-electron chi connectivity index (χ2n) is 6.32. The van der Waals surface area contributed by atoms with Crippen molar-refractivity contribution in [3.8, 4) is 11.4 Å². The number of morpholine rings is 1. The Morgan fingerprint density at radius 2 is 2.07 bits per heavy atom. The molecule has 1 aromatic carbocycles. The van der Waals surface area contributed by atoms with Gasteiger partial charge >= 0.3 is 11.8 Å². The zero-order chi connectivity index (χ0) is 21.1. The maximum Gasteiger partial charge on any atom is 0.316 e. The Balaban J connectivity index is 1.51. The Morgan fingerprint density at radius 3 is 2.83 bits per heavy atom. The molecule has 0 saturated carbocycles. The van der Waals surface area contributed by atoms with Crippen molar-refractivity contribution in [2.75, 3.05) is 37.3 Å². The summed E-state index contributed by atoms with van der Waals surface area (Å²) in [7, 11) is -3.77. The van der Waals surface area contributed by atoms with Crippen molar-refractivity contribution >= 4 is 44.7 Å². The highest BCUT2D eigenvalue weighted by Crippen LogP contribution is 2.29. The quantitative estimate of drug-likeness (QED) is 0.552. The van der Waals surface area contributed by atoms with E-state index in [1.165, 1.54) is 17.8 Å². The second-order valence-corrected chi connectivity index (χ2v) is 10.0. The lowest BCUT2D eigenvalue weighted by atomic mass is 10.3. The van der Waals surface area contributed by atoms with E-state index in [0.29, 0.717) is 37.6 Å². The minimum Gasteiger partial charge on any atom is -0.378 e. The van der Waals surface area contributed by atoms with E-state index in [4.69, 9.17) is 9.26 Å². The van der Waals surface area contributed by atoms with Crippen LogP contribution in [0.2, 0.25) is 0 Å². The highest BCUT2D eigenvalue weighted by atomic mass is 32.2. The molecular weight excluding hydrogens is 448 g/mol. The Kier molecular flexibility index (Phi) is 6.09. The molecule has 0 bridgehead atoms. The number of nitrogens with one attached hydrogen (secondary N) is 1. The van der Waals surface area contributed by atoms with Crippen LogP contribution < -0.4 is 4.72 Å². The molecule has 1 amide bonds. The highest BCUT2D eigenvalue weighted by Gasteiger charge is 2.25. The third kappa shape index (κ3) is 4.51. The molecule has 0 atom stereocenters. The zero-order valence-electron chi connectivity index (χ0n) is 15.9. The fourth-order valence-corrected chi connectivity index (χ4v) is 5.46. The van der Waals surface area contributed by atoms with E-state index in [9.17, 15) is 13.2 Å². The topological polar surface area (TPSA) is 115 Å². The van der Waals surface area contributed by atoms with Gasteiger partial charge in [-0.15, -0.1) is 23.1 Å². The molecule has 158 valence electrons. The number of aromatic nitrogens is 2. The van der Waals surface area contributed by atoms with Gasteiger partial charge in [-0.25, -0.2) is 8.42 Å². The molecule has 1 fully saturated rings. The van der Waals surface area contributed by atoms with Crippen molar-refractivity contribution in [3.05, 3.63) is 41.6 Å². The monoisotopic (exact) mass is 466 g/mol. The Labute approximate surface area is 181 Å². The molecule has 30 heavy (non-hydrogen) atoms. The van der Waals surface area contributed by atoms with Gasteiger partial charge in [-0.05, 0) is 30.5 Å². The van der Waals surface area contributed by atoms with E-state index in [0.717, 1.165) is 16.2 Å². The van der Waals surface area contributed by atoms with Gasteiger partial charge in [0.2, 0.25) is 5.82 Å². The van der Waals surface area contributed by atoms with Gasteiger partial charge in [-0.1, -0.05) is 11.2 Å². The first kappa shape index (κ1) is 20.8. The summed E-state index contributed by atoms with van der Waals surface area (Å²) in [6, 6.07) is 8.60. The highest BCUT2D eigenvalue weighted by molar-refractivity contribution is 7.98. The summed E-state index contributed by atoms with van der Waals surface area (Å²) in [5.41, 5.74) is 0.942. The summed E-state index contributed by atoms with van der Waals surface area (Å²) >= 11 is 2.56. The van der Waals surface area contributed by atoms with Crippen LogP contribution in [0.15, 0.2) is 49.3 Å². The number of thioether (sulfide) groups is 1. The molecule has 9 nitrogen and oxygen atoms in total. The van der Waals surface area contributed by atoms with Crippen LogP contribution in [0.3, 0.4) is 0 Å². The van der Waals surface area contributed by atoms with E-state index in [2.05, 4.69) is 14.9 Å². The maximum atomic E-state index is 12.7. The summed E-state index contributed by atoms with van der Waals surface area (Å²) in [6.45, 7) is 1.85. The Morgan fingerprint density at radius 1 is 1.27 bits per heavy atom. The van der Waals surface area contributed by atoms with Crippen LogP contribution in [0.4, 0.5) is 5.69 Å². The van der Waals surface area contributed by atoms with Gasteiger partial charge in [0.25, 0.3) is 10.0 Å². The molecule has 12 heteroatoms. The van der Waals surface area contributed by atoms with Gasteiger partial charge in [0.15, 0.2) is 0 Å². The van der Waals surface area contributed by atoms with Crippen molar-refractivity contribution in [3.63, 3.8) is 0 Å². The number of carbonyl (C=O) groups excluding carboxylic acids is 1. The molecule has 1 aliphatic heterocycles. The van der Waals surface area contributed by atoms with Crippen molar-refractivity contribution < 1.29 is 22.5 Å². The molecule has 0 unspecified atom stereocenters. The number of anilines is 1. The summed E-state index contributed by atoms with van der Waals surface area (Å²) < 4.78 is 38.4. The fourth-order valence-electron chi connectivity index (χ4n) is 2.80. The van der Waals surface area contributed by atoms with E-state index in [-0.39, 0.29) is 21.8 Å². The average Bonchev–Trinajstić information content (AvgIpc) is 3.44. The first-order chi connectivity index (χ1) is 14.5. The Hall–Kier alpha value is -2.41. The van der Waals surface area contributed by atoms with Crippen LogP contribution in [-0.2, 0) is 14.8 Å². The van der Waals surface area contributed by atoms with E-state index in [1.54, 1.807) is 28.5 Å². The number of hydrogen-bond acceptors (Lipinski definition) is 9. The van der Waals surface area contributed by atoms with Crippen LogP contribution in [0.25, 0.3) is 11.4 Å². The SMILES string of the molecule is CSc1cccc(NS(=O)(=O)c2cc(-c3noc(C(=O)N4CCOCC4)n3)cs2)c1. The van der Waals surface area contributed by atoms with Gasteiger partial charge in [0, 0.05) is 34.6 Å². The first-order valence-electron chi connectivity index (χ1n) is 8.93. The van der Waals surface area contributed by atoms with E-state index >= 15 is 0 Å². The van der Waals surface area contributed by atoms with Crippen molar-refractivity contribution in [2.24, 2.45) is 0 Å². The van der Waals surface area contributed by atoms with Gasteiger partial charge in [-0.2, -0.15) is 4.98 Å². The number of rotatable bonds is 6. The molecule has 1 aliphatic rings. The average molecular weight is 467 g/mol. The van der Waals surface area contributed by atoms with Gasteiger partial charge in [0.1, 0.15) is 4.21 Å². The minimum absolute atomic E-state index is 0.109. The lowest BCUT2D eigenvalue weighted by Crippen LogP contribution is -2.40. The third-order valence-corrected chi connectivity index (χ3v) is 7.87. The van der Waals surface area contributed by atoms with Crippen molar-refractivity contribution in [1.82, 2.24) is 15.0 Å². The molecule has 3 heterocycles. The predicted octanol–water partition coefficient (Wildman–Crippen LogP) is 2.79.